The van der Waals surface area contributed by atoms with Crippen molar-refractivity contribution in [3.05, 3.63) is 102 Å². The Balaban J connectivity index is 1.32. The van der Waals surface area contributed by atoms with Crippen molar-refractivity contribution in [3.8, 4) is 22.3 Å². The van der Waals surface area contributed by atoms with Crippen LogP contribution < -0.4 is 0 Å². The molecule has 0 saturated heterocycles. The van der Waals surface area contributed by atoms with Crippen LogP contribution in [0.25, 0.3) is 27.8 Å². The van der Waals surface area contributed by atoms with Gasteiger partial charge in [0.1, 0.15) is 0 Å². The zero-order valence-corrected chi connectivity index (χ0v) is 22.6. The second-order valence-electron chi connectivity index (χ2n) is 11.4. The fraction of sp³-hybridized carbons (Fsp3) is 0.371. The summed E-state index contributed by atoms with van der Waals surface area (Å²) >= 11 is 0. The van der Waals surface area contributed by atoms with Crippen molar-refractivity contribution in [2.24, 2.45) is 17.8 Å². The number of halogens is 4. The van der Waals surface area contributed by atoms with Crippen LogP contribution in [-0.4, -0.2) is 0 Å². The van der Waals surface area contributed by atoms with Gasteiger partial charge < -0.3 is 0 Å². The minimum atomic E-state index is -0.910. The first kappa shape index (κ1) is 27.4. The summed E-state index contributed by atoms with van der Waals surface area (Å²) in [5.74, 6) is -1.25. The van der Waals surface area contributed by atoms with Crippen LogP contribution in [-0.2, 0) is 6.42 Å². The predicted molar refractivity (Wildman–Crippen MR) is 152 cm³/mol. The van der Waals surface area contributed by atoms with Crippen molar-refractivity contribution >= 4 is 5.57 Å². The van der Waals surface area contributed by atoms with Crippen LogP contribution in [0.4, 0.5) is 17.6 Å². The molecule has 2 aliphatic rings. The molecule has 0 aliphatic heterocycles. The van der Waals surface area contributed by atoms with Crippen molar-refractivity contribution in [2.45, 2.75) is 64.7 Å². The van der Waals surface area contributed by atoms with Gasteiger partial charge in [0.2, 0.25) is 0 Å². The van der Waals surface area contributed by atoms with Gasteiger partial charge in [-0.15, -0.1) is 6.58 Å². The number of rotatable bonds is 7. The van der Waals surface area contributed by atoms with E-state index >= 15 is 8.78 Å². The lowest BCUT2D eigenvalue weighted by molar-refractivity contribution is 0.202. The summed E-state index contributed by atoms with van der Waals surface area (Å²) in [6.07, 6.45) is 12.6. The highest BCUT2D eigenvalue weighted by Crippen LogP contribution is 2.42. The Kier molecular flexibility index (Phi) is 8.40. The van der Waals surface area contributed by atoms with Crippen molar-refractivity contribution in [2.75, 3.05) is 0 Å². The molecule has 0 bridgehead atoms. The van der Waals surface area contributed by atoms with Crippen molar-refractivity contribution < 1.29 is 17.6 Å². The first-order valence-corrected chi connectivity index (χ1v) is 14.2. The summed E-state index contributed by atoms with van der Waals surface area (Å²) in [4.78, 5) is 0. The van der Waals surface area contributed by atoms with Gasteiger partial charge >= 0.3 is 0 Å². The molecule has 1 saturated carbocycles. The second kappa shape index (κ2) is 11.9. The van der Waals surface area contributed by atoms with E-state index in [1.165, 1.54) is 25.7 Å². The van der Waals surface area contributed by atoms with Gasteiger partial charge in [-0.25, -0.2) is 17.6 Å². The van der Waals surface area contributed by atoms with E-state index in [1.54, 1.807) is 54.6 Å². The van der Waals surface area contributed by atoms with Gasteiger partial charge in [0.25, 0.3) is 0 Å². The normalized spacial score (nSPS) is 21.5. The van der Waals surface area contributed by atoms with Gasteiger partial charge in [-0.3, -0.25) is 0 Å². The molecule has 3 aromatic rings. The number of allylic oxidation sites excluding steroid dienone is 3. The molecule has 0 aromatic heterocycles. The van der Waals surface area contributed by atoms with Gasteiger partial charge in [-0.2, -0.15) is 0 Å². The molecule has 0 spiro atoms. The SMILES string of the molecule is C=CCCc1ccc(-c2ccc(-c3ccc(C4=CCC(C5CCC(C)CC5)CC4)c(F)c3F)cc2)c(F)c1F. The minimum absolute atomic E-state index is 0.133. The first-order valence-electron chi connectivity index (χ1n) is 14.2. The molecule has 0 heterocycles. The Bertz CT molecular complexity index is 1360. The highest BCUT2D eigenvalue weighted by atomic mass is 19.2. The highest BCUT2D eigenvalue weighted by Gasteiger charge is 2.28. The van der Waals surface area contributed by atoms with E-state index in [1.807, 2.05) is 0 Å². The summed E-state index contributed by atoms with van der Waals surface area (Å²) in [6.45, 7) is 5.95. The van der Waals surface area contributed by atoms with Crippen molar-refractivity contribution in [3.63, 3.8) is 0 Å². The lowest BCUT2D eigenvalue weighted by Gasteiger charge is -2.34. The van der Waals surface area contributed by atoms with Gasteiger partial charge in [0.15, 0.2) is 23.3 Å². The fourth-order valence-electron chi connectivity index (χ4n) is 6.40. The van der Waals surface area contributed by atoms with Gasteiger partial charge in [-0.1, -0.05) is 80.4 Å². The van der Waals surface area contributed by atoms with Crippen molar-refractivity contribution in [1.29, 1.82) is 0 Å². The lowest BCUT2D eigenvalue weighted by Crippen LogP contribution is -2.22. The molecule has 0 radical (unpaired) electrons. The molecule has 0 N–H and O–H groups in total. The highest BCUT2D eigenvalue weighted by molar-refractivity contribution is 5.74. The molecule has 39 heavy (non-hydrogen) atoms. The van der Waals surface area contributed by atoms with Crippen molar-refractivity contribution in [1.82, 2.24) is 0 Å². The number of hydrogen-bond donors (Lipinski definition) is 0. The van der Waals surface area contributed by atoms with Gasteiger partial charge in [-0.05, 0) is 85.0 Å². The first-order chi connectivity index (χ1) is 18.9. The third-order valence-corrected chi connectivity index (χ3v) is 8.89. The lowest BCUT2D eigenvalue weighted by atomic mass is 9.71. The summed E-state index contributed by atoms with van der Waals surface area (Å²) < 4.78 is 59.9. The second-order valence-corrected chi connectivity index (χ2v) is 11.4. The van der Waals surface area contributed by atoms with Crippen LogP contribution in [0, 0.1) is 41.0 Å². The Labute approximate surface area is 229 Å². The molecule has 1 atom stereocenters. The molecule has 2 aliphatic carbocycles. The summed E-state index contributed by atoms with van der Waals surface area (Å²) in [5, 5.41) is 0. The third kappa shape index (κ3) is 5.76. The van der Waals surface area contributed by atoms with Crippen LogP contribution in [0.15, 0.2) is 67.3 Å². The van der Waals surface area contributed by atoms with Crippen LogP contribution >= 0.6 is 0 Å². The molecule has 3 aromatic carbocycles. The molecule has 1 unspecified atom stereocenters. The summed E-state index contributed by atoms with van der Waals surface area (Å²) in [7, 11) is 0. The Morgan fingerprint density at radius 3 is 1.85 bits per heavy atom. The van der Waals surface area contributed by atoms with E-state index in [9.17, 15) is 8.78 Å². The molecular formula is C35H36F4. The Morgan fingerprint density at radius 2 is 1.26 bits per heavy atom. The van der Waals surface area contributed by atoms with Gasteiger partial charge in [0, 0.05) is 16.7 Å². The average Bonchev–Trinajstić information content (AvgIpc) is 2.96. The standard InChI is InChI=1S/C35H36F4/c1-3-4-5-28-18-19-29(33(37)32(28)36)26-14-16-27(17-15-26)31-21-20-30(34(38)35(31)39)25-12-10-24(11-13-25)23-8-6-22(2)7-9-23/h3,12,14-24H,1,4-11,13H2,2H3. The fourth-order valence-corrected chi connectivity index (χ4v) is 6.40. The van der Waals surface area contributed by atoms with E-state index in [2.05, 4.69) is 19.6 Å². The molecule has 1 fully saturated rings. The third-order valence-electron chi connectivity index (χ3n) is 8.89. The maximum Gasteiger partial charge on any atom is 0.167 e. The Morgan fingerprint density at radius 1 is 0.692 bits per heavy atom. The average molecular weight is 533 g/mol. The van der Waals surface area contributed by atoms with E-state index in [0.717, 1.165) is 36.7 Å². The summed E-state index contributed by atoms with van der Waals surface area (Å²) in [6, 6.07) is 12.9. The number of hydrogen-bond acceptors (Lipinski definition) is 0. The van der Waals surface area contributed by atoms with Gasteiger partial charge in [0.05, 0.1) is 0 Å². The number of aryl methyl sites for hydroxylation is 1. The zero-order valence-electron chi connectivity index (χ0n) is 22.6. The molecular weight excluding hydrogens is 496 g/mol. The predicted octanol–water partition coefficient (Wildman–Crippen LogP) is 10.7. The smallest absolute Gasteiger partial charge is 0.167 e. The zero-order chi connectivity index (χ0) is 27.5. The van der Waals surface area contributed by atoms with E-state index in [-0.39, 0.29) is 11.1 Å². The monoisotopic (exact) mass is 532 g/mol. The Hall–Kier alpha value is -3.14. The molecule has 4 heteroatoms. The topological polar surface area (TPSA) is 0 Å². The maximum absolute atomic E-state index is 15.3. The van der Waals surface area contributed by atoms with E-state index in [4.69, 9.17) is 0 Å². The van der Waals surface area contributed by atoms with Crippen LogP contribution in [0.3, 0.4) is 0 Å². The minimum Gasteiger partial charge on any atom is -0.203 e. The molecule has 5 rings (SSSR count). The largest absolute Gasteiger partial charge is 0.203 e. The molecule has 0 amide bonds. The maximum atomic E-state index is 15.3. The molecule has 204 valence electrons. The molecule has 0 nitrogen and oxygen atoms in total. The quantitative estimate of drug-likeness (QED) is 0.210. The van der Waals surface area contributed by atoms with Crippen LogP contribution in [0.1, 0.15) is 69.4 Å². The van der Waals surface area contributed by atoms with E-state index < -0.39 is 23.3 Å². The van der Waals surface area contributed by atoms with E-state index in [0.29, 0.717) is 41.0 Å². The number of benzene rings is 3. The van der Waals surface area contributed by atoms with Crippen LogP contribution in [0.2, 0.25) is 0 Å². The summed E-state index contributed by atoms with van der Waals surface area (Å²) in [5.41, 5.74) is 2.78. The van der Waals surface area contributed by atoms with Crippen LogP contribution in [0.5, 0.6) is 0 Å².